The van der Waals surface area contributed by atoms with Crippen LogP contribution in [0.25, 0.3) is 5.76 Å². The number of Topliss-reactive ketones (excluding diaryl/α,β-unsaturated/α-hetero) is 1. The average molecular weight is 511 g/mol. The zero-order valence-electron chi connectivity index (χ0n) is 18.7. The van der Waals surface area contributed by atoms with Crippen LogP contribution in [0.15, 0.2) is 78.4 Å². The lowest BCUT2D eigenvalue weighted by Crippen LogP contribution is -2.59. The van der Waals surface area contributed by atoms with Crippen LogP contribution >= 0.6 is 23.2 Å². The molecule has 0 radical (unpaired) electrons. The Morgan fingerprint density at radius 2 is 1.54 bits per heavy atom. The number of ketones is 1. The normalized spacial score (nSPS) is 19.0. The highest BCUT2D eigenvalue weighted by Gasteiger charge is 2.63. The number of halogens is 2. The lowest BCUT2D eigenvalue weighted by Gasteiger charge is -2.37. The third-order valence-corrected chi connectivity index (χ3v) is 6.28. The van der Waals surface area contributed by atoms with Gasteiger partial charge in [0.2, 0.25) is 0 Å². The molecular formula is C26H20Cl2N2O5. The number of nitrogens with zero attached hydrogens (tertiary/aromatic N) is 1. The minimum absolute atomic E-state index is 0.0684. The molecule has 1 atom stereocenters. The fourth-order valence-electron chi connectivity index (χ4n) is 3.97. The number of carbonyl (C=O) groups excluding carboxylic acids is 3. The molecule has 4 rings (SSSR count). The van der Waals surface area contributed by atoms with Gasteiger partial charge in [-0.15, -0.1) is 0 Å². The molecule has 0 spiro atoms. The van der Waals surface area contributed by atoms with E-state index < -0.39 is 34.7 Å². The number of aryl methyl sites for hydroxylation is 1. The number of anilines is 2. The SMILES string of the molecule is COC(=O)C1(Nc2c(Cl)cccc2Cl)/C(=C(/O)c2ccc(C)cc2)C(=O)C(=O)N1c1ccccc1. The zero-order chi connectivity index (χ0) is 25.3. The standard InChI is InChI=1S/C26H20Cl2N2O5/c1-15-11-13-16(14-12-15)22(31)20-23(32)24(33)30(17-7-4-3-5-8-17)26(20,25(34)35-2)29-21-18(27)9-6-10-19(21)28/h3-14,29,31H,1-2H3/b22-20+. The highest BCUT2D eigenvalue weighted by atomic mass is 35.5. The van der Waals surface area contributed by atoms with Gasteiger partial charge in [-0.2, -0.15) is 0 Å². The highest BCUT2D eigenvalue weighted by Crippen LogP contribution is 2.44. The Bertz CT molecular complexity index is 1340. The first-order valence-corrected chi connectivity index (χ1v) is 11.2. The van der Waals surface area contributed by atoms with Gasteiger partial charge in [0.05, 0.1) is 22.8 Å². The maximum Gasteiger partial charge on any atom is 0.358 e. The van der Waals surface area contributed by atoms with Gasteiger partial charge in [-0.05, 0) is 31.2 Å². The maximum absolute atomic E-state index is 13.6. The number of hydrogen-bond acceptors (Lipinski definition) is 6. The summed E-state index contributed by atoms with van der Waals surface area (Å²) < 4.78 is 5.09. The number of aliphatic hydroxyl groups is 1. The van der Waals surface area contributed by atoms with E-state index in [1.54, 1.807) is 60.7 Å². The van der Waals surface area contributed by atoms with E-state index >= 15 is 0 Å². The summed E-state index contributed by atoms with van der Waals surface area (Å²) >= 11 is 12.8. The van der Waals surface area contributed by atoms with Crippen LogP contribution in [0.4, 0.5) is 11.4 Å². The van der Waals surface area contributed by atoms with E-state index in [1.165, 1.54) is 12.1 Å². The number of nitrogens with one attached hydrogen (secondary N) is 1. The van der Waals surface area contributed by atoms with Gasteiger partial charge in [-0.1, -0.05) is 77.3 Å². The van der Waals surface area contributed by atoms with Crippen molar-refractivity contribution in [2.45, 2.75) is 12.6 Å². The number of rotatable bonds is 5. The summed E-state index contributed by atoms with van der Waals surface area (Å²) in [4.78, 5) is 41.4. The number of para-hydroxylation sites is 2. The summed E-state index contributed by atoms with van der Waals surface area (Å²) in [6, 6.07) is 19.3. The predicted molar refractivity (Wildman–Crippen MR) is 134 cm³/mol. The number of carbonyl (C=O) groups is 3. The largest absolute Gasteiger partial charge is 0.507 e. The Morgan fingerprint density at radius 1 is 0.943 bits per heavy atom. The smallest absolute Gasteiger partial charge is 0.358 e. The third kappa shape index (κ3) is 4.03. The minimum atomic E-state index is -2.33. The fourth-order valence-corrected chi connectivity index (χ4v) is 4.46. The average Bonchev–Trinajstić information content (AvgIpc) is 3.08. The summed E-state index contributed by atoms with van der Waals surface area (Å²) in [6.45, 7) is 1.86. The second kappa shape index (κ2) is 9.44. The molecular weight excluding hydrogens is 491 g/mol. The van der Waals surface area contributed by atoms with Gasteiger partial charge in [-0.3, -0.25) is 14.5 Å². The molecule has 0 saturated carbocycles. The summed E-state index contributed by atoms with van der Waals surface area (Å²) in [6.07, 6.45) is 0. The van der Waals surface area contributed by atoms with Crippen molar-refractivity contribution in [1.82, 2.24) is 0 Å². The third-order valence-electron chi connectivity index (χ3n) is 5.65. The number of esters is 1. The maximum atomic E-state index is 13.6. The highest BCUT2D eigenvalue weighted by molar-refractivity contribution is 6.54. The van der Waals surface area contributed by atoms with E-state index in [0.29, 0.717) is 0 Å². The molecule has 178 valence electrons. The van der Waals surface area contributed by atoms with Crippen LogP contribution in [-0.2, 0) is 19.1 Å². The van der Waals surface area contributed by atoms with E-state index in [0.717, 1.165) is 17.6 Å². The molecule has 3 aromatic carbocycles. The van der Waals surface area contributed by atoms with Crippen LogP contribution in [0.5, 0.6) is 0 Å². The molecule has 35 heavy (non-hydrogen) atoms. The van der Waals surface area contributed by atoms with Crippen LogP contribution in [0.2, 0.25) is 10.0 Å². The Kier molecular flexibility index (Phi) is 6.56. The second-order valence-electron chi connectivity index (χ2n) is 7.82. The van der Waals surface area contributed by atoms with E-state index in [-0.39, 0.29) is 27.0 Å². The van der Waals surface area contributed by atoms with Crippen molar-refractivity contribution in [2.24, 2.45) is 0 Å². The fraction of sp³-hybridized carbons (Fsp3) is 0.115. The quantitative estimate of drug-likeness (QED) is 0.213. The molecule has 1 unspecified atom stereocenters. The van der Waals surface area contributed by atoms with Crippen molar-refractivity contribution >= 4 is 58.0 Å². The number of amides is 1. The number of ether oxygens (including phenoxy) is 1. The van der Waals surface area contributed by atoms with E-state index in [9.17, 15) is 19.5 Å². The number of hydrogen-bond donors (Lipinski definition) is 2. The van der Waals surface area contributed by atoms with Gasteiger partial charge in [0, 0.05) is 11.3 Å². The molecule has 2 N–H and O–H groups in total. The molecule has 1 aliphatic heterocycles. The lowest BCUT2D eigenvalue weighted by molar-refractivity contribution is -0.145. The van der Waals surface area contributed by atoms with Gasteiger partial charge >= 0.3 is 11.9 Å². The first-order valence-electron chi connectivity index (χ1n) is 10.5. The van der Waals surface area contributed by atoms with Crippen molar-refractivity contribution in [3.8, 4) is 0 Å². The van der Waals surface area contributed by atoms with Crippen molar-refractivity contribution in [1.29, 1.82) is 0 Å². The molecule has 7 nitrogen and oxygen atoms in total. The van der Waals surface area contributed by atoms with Crippen molar-refractivity contribution < 1.29 is 24.2 Å². The van der Waals surface area contributed by atoms with Crippen molar-refractivity contribution in [2.75, 3.05) is 17.3 Å². The van der Waals surface area contributed by atoms with Crippen LogP contribution in [0.3, 0.4) is 0 Å². The summed E-state index contributed by atoms with van der Waals surface area (Å²) in [7, 11) is 1.11. The molecule has 1 aliphatic rings. The van der Waals surface area contributed by atoms with E-state index in [2.05, 4.69) is 5.32 Å². The number of aliphatic hydroxyl groups excluding tert-OH is 1. The molecule has 1 fully saturated rings. The Balaban J connectivity index is 2.10. The summed E-state index contributed by atoms with van der Waals surface area (Å²) in [5.41, 5.74) is -1.43. The Labute approximate surface area is 211 Å². The van der Waals surface area contributed by atoms with Crippen molar-refractivity contribution in [3.05, 3.63) is 99.5 Å². The molecule has 1 heterocycles. The summed E-state index contributed by atoms with van der Waals surface area (Å²) in [5.74, 6) is -3.74. The molecule has 0 bridgehead atoms. The first kappa shape index (κ1) is 24.3. The zero-order valence-corrected chi connectivity index (χ0v) is 20.2. The summed E-state index contributed by atoms with van der Waals surface area (Å²) in [5, 5.41) is 14.5. The monoisotopic (exact) mass is 510 g/mol. The van der Waals surface area contributed by atoms with Gasteiger partial charge in [0.1, 0.15) is 11.3 Å². The Morgan fingerprint density at radius 3 is 2.11 bits per heavy atom. The van der Waals surface area contributed by atoms with Gasteiger partial charge < -0.3 is 15.2 Å². The van der Waals surface area contributed by atoms with Crippen LogP contribution in [0, 0.1) is 6.92 Å². The number of methoxy groups -OCH3 is 1. The van der Waals surface area contributed by atoms with Crippen LogP contribution in [-0.4, -0.2) is 35.5 Å². The first-order chi connectivity index (χ1) is 16.7. The predicted octanol–water partition coefficient (Wildman–Crippen LogP) is 5.17. The van der Waals surface area contributed by atoms with E-state index in [4.69, 9.17) is 27.9 Å². The minimum Gasteiger partial charge on any atom is -0.507 e. The second-order valence-corrected chi connectivity index (χ2v) is 8.63. The van der Waals surface area contributed by atoms with Crippen LogP contribution < -0.4 is 10.2 Å². The van der Waals surface area contributed by atoms with Crippen LogP contribution in [0.1, 0.15) is 11.1 Å². The molecule has 1 saturated heterocycles. The van der Waals surface area contributed by atoms with Crippen molar-refractivity contribution in [3.63, 3.8) is 0 Å². The van der Waals surface area contributed by atoms with Gasteiger partial charge in [0.15, 0.2) is 0 Å². The molecule has 0 aliphatic carbocycles. The molecule has 0 aromatic heterocycles. The molecule has 9 heteroatoms. The van der Waals surface area contributed by atoms with Gasteiger partial charge in [0.25, 0.3) is 11.4 Å². The topological polar surface area (TPSA) is 95.9 Å². The van der Waals surface area contributed by atoms with E-state index in [1.807, 2.05) is 6.92 Å². The molecule has 1 amide bonds. The Hall–Kier alpha value is -3.81. The lowest BCUT2D eigenvalue weighted by atomic mass is 9.93. The molecule has 3 aromatic rings. The number of benzene rings is 3. The van der Waals surface area contributed by atoms with Gasteiger partial charge in [-0.25, -0.2) is 4.79 Å².